The number of hydroxylamine groups is 1. The van der Waals surface area contributed by atoms with E-state index in [1.807, 2.05) is 38.3 Å². The number of rotatable bonds is 3. The lowest BCUT2D eigenvalue weighted by atomic mass is 10.1. The van der Waals surface area contributed by atoms with Crippen LogP contribution in [0.5, 0.6) is 0 Å². The Bertz CT molecular complexity index is 571. The Morgan fingerprint density at radius 3 is 2.35 bits per heavy atom. The topological polar surface area (TPSA) is 52.6 Å². The Morgan fingerprint density at radius 2 is 1.85 bits per heavy atom. The maximum absolute atomic E-state index is 12.0. The van der Waals surface area contributed by atoms with Gasteiger partial charge in [0.1, 0.15) is 0 Å². The van der Waals surface area contributed by atoms with Crippen LogP contribution in [0.15, 0.2) is 41.8 Å². The number of nitrogens with one attached hydrogen (secondary N) is 1. The van der Waals surface area contributed by atoms with Gasteiger partial charge in [-0.2, -0.15) is 0 Å². The van der Waals surface area contributed by atoms with Crippen LogP contribution in [0, 0.1) is 0 Å². The summed E-state index contributed by atoms with van der Waals surface area (Å²) in [7, 11) is 0. The minimum Gasteiger partial charge on any atom is -0.314 e. The Labute approximate surface area is 122 Å². The molecule has 1 aromatic heterocycles. The summed E-state index contributed by atoms with van der Waals surface area (Å²) >= 11 is 1.48. The molecule has 0 unspecified atom stereocenters. The van der Waals surface area contributed by atoms with E-state index in [1.165, 1.54) is 16.4 Å². The fourth-order valence-electron chi connectivity index (χ4n) is 1.68. The van der Waals surface area contributed by atoms with Gasteiger partial charge in [0.15, 0.2) is 0 Å². The maximum atomic E-state index is 12.0. The van der Waals surface area contributed by atoms with E-state index in [4.69, 9.17) is 0 Å². The average molecular weight is 290 g/mol. The van der Waals surface area contributed by atoms with Gasteiger partial charge in [0.2, 0.25) is 0 Å². The standard InChI is InChI=1S/C15H18N2O2S/c1-15(2,3)17(19)12-8-6-11(7-9-12)14(18)16-13-5-4-10-20-13/h4-10,19H,1-3H3,(H,16,18). The van der Waals surface area contributed by atoms with Gasteiger partial charge in [-0.3, -0.25) is 15.1 Å². The number of nitrogens with zero attached hydrogens (tertiary/aromatic N) is 1. The zero-order valence-corrected chi connectivity index (χ0v) is 12.6. The van der Waals surface area contributed by atoms with E-state index in [9.17, 15) is 10.0 Å². The second kappa shape index (κ2) is 5.64. The van der Waals surface area contributed by atoms with E-state index in [0.717, 1.165) is 5.00 Å². The molecule has 0 fully saturated rings. The van der Waals surface area contributed by atoms with E-state index >= 15 is 0 Å². The fraction of sp³-hybridized carbons (Fsp3) is 0.267. The molecule has 0 spiro atoms. The molecule has 106 valence electrons. The SMILES string of the molecule is CC(C)(C)N(O)c1ccc(C(=O)Nc2cccs2)cc1. The molecule has 1 heterocycles. The van der Waals surface area contributed by atoms with Crippen LogP contribution in [0.1, 0.15) is 31.1 Å². The number of hydrogen-bond donors (Lipinski definition) is 2. The highest BCUT2D eigenvalue weighted by molar-refractivity contribution is 7.14. The van der Waals surface area contributed by atoms with Gasteiger partial charge in [-0.05, 0) is 62.5 Å². The summed E-state index contributed by atoms with van der Waals surface area (Å²) in [5.41, 5.74) is 0.829. The molecule has 5 heteroatoms. The van der Waals surface area contributed by atoms with Crippen molar-refractivity contribution in [2.75, 3.05) is 10.4 Å². The van der Waals surface area contributed by atoms with Gasteiger partial charge < -0.3 is 5.32 Å². The van der Waals surface area contributed by atoms with Crippen molar-refractivity contribution < 1.29 is 10.0 Å². The summed E-state index contributed by atoms with van der Waals surface area (Å²) in [5, 5.41) is 16.8. The van der Waals surface area contributed by atoms with Crippen LogP contribution in [0.4, 0.5) is 10.7 Å². The normalized spacial score (nSPS) is 11.2. The molecule has 1 amide bonds. The van der Waals surface area contributed by atoms with Crippen molar-refractivity contribution in [3.05, 3.63) is 47.3 Å². The minimum absolute atomic E-state index is 0.153. The highest BCUT2D eigenvalue weighted by Crippen LogP contribution is 2.22. The summed E-state index contributed by atoms with van der Waals surface area (Å²) < 4.78 is 0. The van der Waals surface area contributed by atoms with Gasteiger partial charge in [0.25, 0.3) is 5.91 Å². The molecular weight excluding hydrogens is 272 g/mol. The van der Waals surface area contributed by atoms with E-state index in [2.05, 4.69) is 5.32 Å². The van der Waals surface area contributed by atoms with Crippen LogP contribution in [-0.2, 0) is 0 Å². The number of carbonyl (C=O) groups is 1. The number of thiophene rings is 1. The summed E-state index contributed by atoms with van der Waals surface area (Å²) in [4.78, 5) is 12.0. The summed E-state index contributed by atoms with van der Waals surface area (Å²) in [6.07, 6.45) is 0. The fourth-order valence-corrected chi connectivity index (χ4v) is 2.29. The average Bonchev–Trinajstić information content (AvgIpc) is 2.90. The third kappa shape index (κ3) is 3.37. The van der Waals surface area contributed by atoms with Crippen LogP contribution in [0.3, 0.4) is 0 Å². The predicted octanol–water partition coefficient (Wildman–Crippen LogP) is 3.99. The monoisotopic (exact) mass is 290 g/mol. The molecule has 0 aliphatic carbocycles. The van der Waals surface area contributed by atoms with Gasteiger partial charge in [-0.15, -0.1) is 11.3 Å². The molecule has 4 nitrogen and oxygen atoms in total. The third-order valence-corrected chi connectivity index (χ3v) is 3.55. The number of amides is 1. The molecule has 0 aliphatic rings. The van der Waals surface area contributed by atoms with Crippen molar-refractivity contribution in [2.24, 2.45) is 0 Å². The smallest absolute Gasteiger partial charge is 0.256 e. The number of anilines is 2. The van der Waals surface area contributed by atoms with Crippen LogP contribution < -0.4 is 10.4 Å². The minimum atomic E-state index is -0.388. The molecule has 0 radical (unpaired) electrons. The first-order valence-electron chi connectivity index (χ1n) is 6.32. The van der Waals surface area contributed by atoms with Crippen LogP contribution in [0.25, 0.3) is 0 Å². The van der Waals surface area contributed by atoms with Crippen molar-refractivity contribution >= 4 is 27.9 Å². The third-order valence-electron chi connectivity index (χ3n) is 2.77. The first kappa shape index (κ1) is 14.6. The molecule has 20 heavy (non-hydrogen) atoms. The summed E-state index contributed by atoms with van der Waals surface area (Å²) in [6, 6.07) is 10.6. The zero-order chi connectivity index (χ0) is 14.8. The van der Waals surface area contributed by atoms with Crippen LogP contribution in [-0.4, -0.2) is 16.7 Å². The Morgan fingerprint density at radius 1 is 1.20 bits per heavy atom. The van der Waals surface area contributed by atoms with Crippen LogP contribution in [0.2, 0.25) is 0 Å². The second-order valence-corrected chi connectivity index (χ2v) is 6.41. The lowest BCUT2D eigenvalue weighted by molar-refractivity contribution is 0.102. The molecule has 0 saturated carbocycles. The zero-order valence-electron chi connectivity index (χ0n) is 11.8. The number of benzene rings is 1. The predicted molar refractivity (Wildman–Crippen MR) is 82.7 cm³/mol. The maximum Gasteiger partial charge on any atom is 0.256 e. The van der Waals surface area contributed by atoms with Gasteiger partial charge >= 0.3 is 0 Å². The molecule has 2 aromatic rings. The lowest BCUT2D eigenvalue weighted by Crippen LogP contribution is -2.38. The lowest BCUT2D eigenvalue weighted by Gasteiger charge is -2.31. The van der Waals surface area contributed by atoms with E-state index in [-0.39, 0.29) is 11.4 Å². The molecular formula is C15H18N2O2S. The highest BCUT2D eigenvalue weighted by atomic mass is 32.1. The Kier molecular flexibility index (Phi) is 4.11. The highest BCUT2D eigenvalue weighted by Gasteiger charge is 2.20. The molecule has 0 aliphatic heterocycles. The largest absolute Gasteiger partial charge is 0.314 e. The van der Waals surface area contributed by atoms with Gasteiger partial charge in [0, 0.05) is 5.56 Å². The molecule has 2 N–H and O–H groups in total. The van der Waals surface area contributed by atoms with Crippen molar-refractivity contribution in [3.8, 4) is 0 Å². The van der Waals surface area contributed by atoms with Crippen molar-refractivity contribution in [1.29, 1.82) is 0 Å². The van der Waals surface area contributed by atoms with Gasteiger partial charge in [-0.1, -0.05) is 0 Å². The number of carbonyl (C=O) groups excluding carboxylic acids is 1. The molecule has 2 rings (SSSR count). The molecule has 1 aromatic carbocycles. The second-order valence-electron chi connectivity index (χ2n) is 5.46. The first-order valence-corrected chi connectivity index (χ1v) is 7.20. The number of hydrogen-bond acceptors (Lipinski definition) is 4. The van der Waals surface area contributed by atoms with Gasteiger partial charge in [0.05, 0.1) is 16.2 Å². The molecule has 0 atom stereocenters. The Balaban J connectivity index is 2.10. The molecule has 0 saturated heterocycles. The summed E-state index contributed by atoms with van der Waals surface area (Å²) in [5.74, 6) is -0.153. The summed E-state index contributed by atoms with van der Waals surface area (Å²) in [6.45, 7) is 5.72. The van der Waals surface area contributed by atoms with Crippen LogP contribution >= 0.6 is 11.3 Å². The quantitative estimate of drug-likeness (QED) is 0.840. The van der Waals surface area contributed by atoms with E-state index < -0.39 is 0 Å². The first-order chi connectivity index (χ1) is 9.38. The Hall–Kier alpha value is -1.85. The van der Waals surface area contributed by atoms with E-state index in [0.29, 0.717) is 11.3 Å². The van der Waals surface area contributed by atoms with Crippen molar-refractivity contribution in [3.63, 3.8) is 0 Å². The van der Waals surface area contributed by atoms with Crippen molar-refractivity contribution in [1.82, 2.24) is 0 Å². The molecule has 0 bridgehead atoms. The van der Waals surface area contributed by atoms with Gasteiger partial charge in [-0.25, -0.2) is 0 Å². The van der Waals surface area contributed by atoms with E-state index in [1.54, 1.807) is 24.3 Å². The van der Waals surface area contributed by atoms with Crippen molar-refractivity contribution in [2.45, 2.75) is 26.3 Å².